The van der Waals surface area contributed by atoms with Crippen LogP contribution in [-0.2, 0) is 0 Å². The van der Waals surface area contributed by atoms with E-state index in [1.807, 2.05) is 55.8 Å². The van der Waals surface area contributed by atoms with Crippen LogP contribution in [0.4, 0.5) is 16.2 Å². The number of urea groups is 1. The van der Waals surface area contributed by atoms with Crippen LogP contribution in [0.1, 0.15) is 17.2 Å². The zero-order chi connectivity index (χ0) is 21.8. The minimum Gasteiger partial charge on any atom is -0.439 e. The molecule has 2 amide bonds. The van der Waals surface area contributed by atoms with Crippen molar-refractivity contribution in [1.82, 2.24) is 19.5 Å². The van der Waals surface area contributed by atoms with Crippen LogP contribution in [0.25, 0.3) is 5.82 Å². The number of ether oxygens (including phenoxy) is 1. The predicted octanol–water partition coefficient (Wildman–Crippen LogP) is 5.02. The van der Waals surface area contributed by atoms with Crippen LogP contribution in [0.2, 0.25) is 0 Å². The predicted molar refractivity (Wildman–Crippen MR) is 119 cm³/mol. The number of rotatable bonds is 5. The highest BCUT2D eigenvalue weighted by molar-refractivity contribution is 5.99. The third kappa shape index (κ3) is 5.05. The van der Waals surface area contributed by atoms with Crippen LogP contribution in [0.5, 0.6) is 11.6 Å². The standard InChI is InChI=1S/C23H22N6O2/c1-15-5-4-6-19(13-15)28-23(30)27-18-7-9-20(10-8-18)31-22-14-21(25-16(2)26-22)29-12-11-24-17(29)3/h4-14H,1-3H3,(H2,27,28,30). The molecule has 0 fully saturated rings. The molecule has 0 atom stereocenters. The summed E-state index contributed by atoms with van der Waals surface area (Å²) >= 11 is 0. The number of imidazole rings is 1. The number of nitrogens with zero attached hydrogens (tertiary/aromatic N) is 4. The third-order valence-electron chi connectivity index (χ3n) is 4.48. The minimum absolute atomic E-state index is 0.314. The Morgan fingerprint density at radius 2 is 1.71 bits per heavy atom. The lowest BCUT2D eigenvalue weighted by molar-refractivity contribution is 0.262. The molecule has 8 nitrogen and oxygen atoms in total. The summed E-state index contributed by atoms with van der Waals surface area (Å²) in [6, 6.07) is 16.1. The van der Waals surface area contributed by atoms with Gasteiger partial charge >= 0.3 is 6.03 Å². The van der Waals surface area contributed by atoms with E-state index < -0.39 is 0 Å². The monoisotopic (exact) mass is 414 g/mol. The number of carbonyl (C=O) groups is 1. The number of aromatic nitrogens is 4. The van der Waals surface area contributed by atoms with Gasteiger partial charge in [-0.2, -0.15) is 4.98 Å². The summed E-state index contributed by atoms with van der Waals surface area (Å²) < 4.78 is 7.76. The molecule has 4 rings (SSSR count). The highest BCUT2D eigenvalue weighted by Crippen LogP contribution is 2.23. The second-order valence-electron chi connectivity index (χ2n) is 7.03. The lowest BCUT2D eigenvalue weighted by Gasteiger charge is -2.11. The van der Waals surface area contributed by atoms with Crippen molar-refractivity contribution in [2.75, 3.05) is 10.6 Å². The molecule has 2 aromatic carbocycles. The average molecular weight is 414 g/mol. The Kier molecular flexibility index (Phi) is 5.61. The van der Waals surface area contributed by atoms with Gasteiger partial charge in [-0.15, -0.1) is 0 Å². The largest absolute Gasteiger partial charge is 0.439 e. The molecule has 0 aliphatic heterocycles. The zero-order valence-corrected chi connectivity index (χ0v) is 17.5. The van der Waals surface area contributed by atoms with E-state index in [9.17, 15) is 4.79 Å². The quantitative estimate of drug-likeness (QED) is 0.478. The Morgan fingerprint density at radius 3 is 2.42 bits per heavy atom. The Labute approximate surface area is 180 Å². The molecular weight excluding hydrogens is 392 g/mol. The molecule has 4 aromatic rings. The summed E-state index contributed by atoms with van der Waals surface area (Å²) in [6.07, 6.45) is 3.55. The number of hydrogen-bond donors (Lipinski definition) is 2. The van der Waals surface area contributed by atoms with Crippen LogP contribution in [0.3, 0.4) is 0 Å². The molecule has 0 spiro atoms. The van der Waals surface area contributed by atoms with Gasteiger partial charge in [0.2, 0.25) is 5.88 Å². The van der Waals surface area contributed by atoms with Gasteiger partial charge in [0.15, 0.2) is 0 Å². The lowest BCUT2D eigenvalue weighted by atomic mass is 10.2. The van der Waals surface area contributed by atoms with Crippen LogP contribution >= 0.6 is 0 Å². The second kappa shape index (κ2) is 8.66. The molecule has 8 heteroatoms. The van der Waals surface area contributed by atoms with Crippen molar-refractivity contribution < 1.29 is 9.53 Å². The van der Waals surface area contributed by atoms with Crippen molar-refractivity contribution in [2.24, 2.45) is 0 Å². The van der Waals surface area contributed by atoms with Gasteiger partial charge in [-0.25, -0.2) is 14.8 Å². The highest BCUT2D eigenvalue weighted by atomic mass is 16.5. The third-order valence-corrected chi connectivity index (χ3v) is 4.48. The zero-order valence-electron chi connectivity index (χ0n) is 17.5. The topological polar surface area (TPSA) is 94.0 Å². The fourth-order valence-electron chi connectivity index (χ4n) is 3.06. The molecule has 2 heterocycles. The van der Waals surface area contributed by atoms with Crippen molar-refractivity contribution in [3.63, 3.8) is 0 Å². The van der Waals surface area contributed by atoms with Gasteiger partial charge in [0.25, 0.3) is 0 Å². The molecule has 31 heavy (non-hydrogen) atoms. The summed E-state index contributed by atoms with van der Waals surface area (Å²) in [4.78, 5) is 25.2. The maximum atomic E-state index is 12.2. The Bertz CT molecular complexity index is 1220. The number of carbonyl (C=O) groups excluding carboxylic acids is 1. The summed E-state index contributed by atoms with van der Waals surface area (Å²) in [5, 5.41) is 5.61. The summed E-state index contributed by atoms with van der Waals surface area (Å²) in [5.41, 5.74) is 2.46. The number of amides is 2. The van der Waals surface area contributed by atoms with Crippen LogP contribution in [0, 0.1) is 20.8 Å². The van der Waals surface area contributed by atoms with Crippen molar-refractivity contribution >= 4 is 17.4 Å². The molecule has 0 saturated heterocycles. The first-order valence-corrected chi connectivity index (χ1v) is 9.75. The SMILES string of the molecule is Cc1cccc(NC(=O)Nc2ccc(Oc3cc(-n4ccnc4C)nc(C)n3)cc2)c1. The van der Waals surface area contributed by atoms with Gasteiger partial charge in [0.1, 0.15) is 23.2 Å². The number of benzene rings is 2. The first-order chi connectivity index (χ1) is 15.0. The van der Waals surface area contributed by atoms with Crippen LogP contribution < -0.4 is 15.4 Å². The number of hydrogen-bond acceptors (Lipinski definition) is 5. The van der Waals surface area contributed by atoms with Gasteiger partial charge in [0.05, 0.1) is 0 Å². The first kappa shape index (κ1) is 20.1. The molecule has 0 bridgehead atoms. The molecule has 0 unspecified atom stereocenters. The number of nitrogens with one attached hydrogen (secondary N) is 2. The van der Waals surface area contributed by atoms with E-state index in [0.29, 0.717) is 29.0 Å². The van der Waals surface area contributed by atoms with E-state index in [-0.39, 0.29) is 6.03 Å². The van der Waals surface area contributed by atoms with Crippen molar-refractivity contribution in [3.05, 3.63) is 84.2 Å². The van der Waals surface area contributed by atoms with E-state index in [1.54, 1.807) is 36.5 Å². The second-order valence-corrected chi connectivity index (χ2v) is 7.03. The average Bonchev–Trinajstić information content (AvgIpc) is 3.15. The van der Waals surface area contributed by atoms with E-state index in [2.05, 4.69) is 25.6 Å². The summed E-state index contributed by atoms with van der Waals surface area (Å²) in [6.45, 7) is 5.68. The molecule has 2 aromatic heterocycles. The molecule has 0 aliphatic rings. The van der Waals surface area contributed by atoms with Gasteiger partial charge in [0, 0.05) is 29.8 Å². The maximum Gasteiger partial charge on any atom is 0.323 e. The summed E-state index contributed by atoms with van der Waals surface area (Å²) in [5.74, 6) is 3.11. The molecule has 2 N–H and O–H groups in total. The van der Waals surface area contributed by atoms with Gasteiger partial charge in [-0.3, -0.25) is 4.57 Å². The molecular formula is C23H22N6O2. The first-order valence-electron chi connectivity index (χ1n) is 9.75. The van der Waals surface area contributed by atoms with Gasteiger partial charge in [-0.1, -0.05) is 12.1 Å². The molecule has 0 radical (unpaired) electrons. The van der Waals surface area contributed by atoms with Crippen molar-refractivity contribution in [2.45, 2.75) is 20.8 Å². The highest BCUT2D eigenvalue weighted by Gasteiger charge is 2.09. The molecule has 0 aliphatic carbocycles. The Morgan fingerprint density at radius 1 is 0.935 bits per heavy atom. The smallest absolute Gasteiger partial charge is 0.323 e. The van der Waals surface area contributed by atoms with Crippen LogP contribution in [0.15, 0.2) is 67.0 Å². The Balaban J connectivity index is 1.42. The molecule has 156 valence electrons. The van der Waals surface area contributed by atoms with E-state index in [0.717, 1.165) is 17.1 Å². The molecule has 0 saturated carbocycles. The lowest BCUT2D eigenvalue weighted by Crippen LogP contribution is -2.19. The number of anilines is 2. The maximum absolute atomic E-state index is 12.2. The van der Waals surface area contributed by atoms with Crippen molar-refractivity contribution in [1.29, 1.82) is 0 Å². The van der Waals surface area contributed by atoms with Crippen LogP contribution in [-0.4, -0.2) is 25.6 Å². The fourth-order valence-corrected chi connectivity index (χ4v) is 3.06. The number of aryl methyl sites for hydroxylation is 3. The van der Waals surface area contributed by atoms with Gasteiger partial charge in [-0.05, 0) is 62.7 Å². The summed E-state index contributed by atoms with van der Waals surface area (Å²) in [7, 11) is 0. The fraction of sp³-hybridized carbons (Fsp3) is 0.130. The minimum atomic E-state index is -0.314. The van der Waals surface area contributed by atoms with E-state index in [4.69, 9.17) is 4.74 Å². The van der Waals surface area contributed by atoms with Gasteiger partial charge < -0.3 is 15.4 Å². The normalized spacial score (nSPS) is 10.5. The van der Waals surface area contributed by atoms with E-state index in [1.165, 1.54) is 0 Å². The Hall–Kier alpha value is -4.20. The van der Waals surface area contributed by atoms with E-state index >= 15 is 0 Å². The van der Waals surface area contributed by atoms with Crippen molar-refractivity contribution in [3.8, 4) is 17.4 Å².